The fourth-order valence-electron chi connectivity index (χ4n) is 1.66. The first-order valence-electron chi connectivity index (χ1n) is 5.87. The fraction of sp³-hybridized carbons (Fsp3) is 0.462. The summed E-state index contributed by atoms with van der Waals surface area (Å²) >= 11 is 3.35. The van der Waals surface area contributed by atoms with Crippen LogP contribution in [0.1, 0.15) is 32.6 Å². The van der Waals surface area contributed by atoms with Crippen molar-refractivity contribution in [1.29, 1.82) is 0 Å². The predicted octanol–water partition coefficient (Wildman–Crippen LogP) is 3.57. The number of carbonyl (C=O) groups excluding carboxylic acids is 1. The van der Waals surface area contributed by atoms with Gasteiger partial charge in [-0.15, -0.1) is 0 Å². The van der Waals surface area contributed by atoms with E-state index in [1.54, 1.807) is 11.9 Å². The van der Waals surface area contributed by atoms with Gasteiger partial charge in [0.2, 0.25) is 5.91 Å². The van der Waals surface area contributed by atoms with E-state index >= 15 is 0 Å². The molecule has 1 amide bonds. The predicted molar refractivity (Wildman–Crippen MR) is 76.1 cm³/mol. The highest BCUT2D eigenvalue weighted by molar-refractivity contribution is 9.10. The monoisotopic (exact) mass is 298 g/mol. The number of nitrogens with two attached hydrogens (primary N) is 1. The molecule has 0 aliphatic heterocycles. The molecule has 4 heteroatoms. The third-order valence-corrected chi connectivity index (χ3v) is 3.21. The largest absolute Gasteiger partial charge is 0.397 e. The van der Waals surface area contributed by atoms with Gasteiger partial charge < -0.3 is 10.6 Å². The minimum absolute atomic E-state index is 0.118. The number of halogens is 1. The molecule has 0 saturated heterocycles. The van der Waals surface area contributed by atoms with Crippen molar-refractivity contribution in [2.75, 3.05) is 17.7 Å². The molecule has 1 aromatic carbocycles. The van der Waals surface area contributed by atoms with Crippen LogP contribution in [0.25, 0.3) is 0 Å². The summed E-state index contributed by atoms with van der Waals surface area (Å²) in [5, 5.41) is 0. The molecule has 0 radical (unpaired) electrons. The van der Waals surface area contributed by atoms with Crippen LogP contribution in [0.4, 0.5) is 11.4 Å². The zero-order valence-corrected chi connectivity index (χ0v) is 12.0. The van der Waals surface area contributed by atoms with E-state index in [0.29, 0.717) is 12.1 Å². The molecular formula is C13H19BrN2O. The molecule has 0 aliphatic carbocycles. The summed E-state index contributed by atoms with van der Waals surface area (Å²) < 4.78 is 0.922. The van der Waals surface area contributed by atoms with Gasteiger partial charge in [0.25, 0.3) is 0 Å². The maximum Gasteiger partial charge on any atom is 0.226 e. The van der Waals surface area contributed by atoms with E-state index < -0.39 is 0 Å². The maximum absolute atomic E-state index is 11.9. The second-order valence-corrected chi connectivity index (χ2v) is 5.03. The topological polar surface area (TPSA) is 46.3 Å². The van der Waals surface area contributed by atoms with Crippen LogP contribution in [0.5, 0.6) is 0 Å². The van der Waals surface area contributed by atoms with Gasteiger partial charge in [0.15, 0.2) is 0 Å². The number of hydrogen-bond acceptors (Lipinski definition) is 2. The van der Waals surface area contributed by atoms with Gasteiger partial charge in [-0.05, 0) is 24.6 Å². The number of carbonyl (C=O) groups is 1. The third kappa shape index (κ3) is 4.04. The smallest absolute Gasteiger partial charge is 0.226 e. The lowest BCUT2D eigenvalue weighted by Crippen LogP contribution is -2.26. The number of nitrogen functional groups attached to an aromatic ring is 1. The molecule has 0 aliphatic rings. The van der Waals surface area contributed by atoms with Crippen LogP contribution in [-0.2, 0) is 4.79 Å². The molecular weight excluding hydrogens is 280 g/mol. The Bertz CT molecular complexity index is 393. The lowest BCUT2D eigenvalue weighted by Gasteiger charge is -2.19. The average Bonchev–Trinajstić information content (AvgIpc) is 2.28. The first-order valence-corrected chi connectivity index (χ1v) is 6.67. The van der Waals surface area contributed by atoms with Crippen molar-refractivity contribution in [3.05, 3.63) is 22.7 Å². The van der Waals surface area contributed by atoms with Gasteiger partial charge in [0.05, 0.1) is 11.4 Å². The van der Waals surface area contributed by atoms with Crippen molar-refractivity contribution < 1.29 is 4.79 Å². The molecule has 0 bridgehead atoms. The Morgan fingerprint density at radius 1 is 1.41 bits per heavy atom. The van der Waals surface area contributed by atoms with Crippen LogP contribution < -0.4 is 10.6 Å². The van der Waals surface area contributed by atoms with E-state index in [0.717, 1.165) is 29.4 Å². The van der Waals surface area contributed by atoms with Crippen molar-refractivity contribution in [1.82, 2.24) is 0 Å². The summed E-state index contributed by atoms with van der Waals surface area (Å²) in [6.45, 7) is 2.13. The Hall–Kier alpha value is -1.03. The van der Waals surface area contributed by atoms with Crippen molar-refractivity contribution in [3.8, 4) is 0 Å². The number of amides is 1. The summed E-state index contributed by atoms with van der Waals surface area (Å²) in [7, 11) is 1.77. The minimum atomic E-state index is 0.118. The van der Waals surface area contributed by atoms with Gasteiger partial charge in [-0.2, -0.15) is 0 Å². The van der Waals surface area contributed by atoms with E-state index in [1.165, 1.54) is 0 Å². The summed E-state index contributed by atoms with van der Waals surface area (Å²) in [6.07, 6.45) is 3.74. The van der Waals surface area contributed by atoms with Gasteiger partial charge >= 0.3 is 0 Å². The molecule has 0 aromatic heterocycles. The first-order chi connectivity index (χ1) is 8.06. The summed E-state index contributed by atoms with van der Waals surface area (Å²) in [6, 6.07) is 5.56. The Labute approximate surface area is 111 Å². The minimum Gasteiger partial charge on any atom is -0.397 e. The van der Waals surface area contributed by atoms with E-state index in [9.17, 15) is 4.79 Å². The van der Waals surface area contributed by atoms with Gasteiger partial charge in [-0.1, -0.05) is 35.7 Å². The van der Waals surface area contributed by atoms with E-state index in [1.807, 2.05) is 18.2 Å². The highest BCUT2D eigenvalue weighted by Crippen LogP contribution is 2.26. The molecule has 0 fully saturated rings. The second kappa shape index (κ2) is 6.64. The van der Waals surface area contributed by atoms with Crippen molar-refractivity contribution in [2.24, 2.45) is 0 Å². The van der Waals surface area contributed by atoms with Crippen molar-refractivity contribution in [2.45, 2.75) is 32.6 Å². The van der Waals surface area contributed by atoms with Crippen LogP contribution in [0.3, 0.4) is 0 Å². The number of rotatable bonds is 5. The number of anilines is 2. The molecule has 2 N–H and O–H groups in total. The van der Waals surface area contributed by atoms with Gasteiger partial charge in [0.1, 0.15) is 0 Å². The fourth-order valence-corrected chi connectivity index (χ4v) is 2.04. The maximum atomic E-state index is 11.9. The Balaban J connectivity index is 2.68. The number of benzene rings is 1. The zero-order valence-electron chi connectivity index (χ0n) is 10.4. The quantitative estimate of drug-likeness (QED) is 0.667. The molecule has 0 atom stereocenters. The third-order valence-electron chi connectivity index (χ3n) is 2.72. The summed E-state index contributed by atoms with van der Waals surface area (Å²) in [5.74, 6) is 0.118. The molecule has 0 spiro atoms. The van der Waals surface area contributed by atoms with Crippen LogP contribution >= 0.6 is 15.9 Å². The van der Waals surface area contributed by atoms with E-state index in [4.69, 9.17) is 5.73 Å². The Kier molecular flexibility index (Phi) is 5.48. The van der Waals surface area contributed by atoms with Crippen molar-refractivity contribution in [3.63, 3.8) is 0 Å². The van der Waals surface area contributed by atoms with Crippen molar-refractivity contribution >= 4 is 33.2 Å². The van der Waals surface area contributed by atoms with E-state index in [-0.39, 0.29) is 5.91 Å². The van der Waals surface area contributed by atoms with Gasteiger partial charge in [-0.25, -0.2) is 0 Å². The van der Waals surface area contributed by atoms with Crippen LogP contribution in [0.2, 0.25) is 0 Å². The molecule has 0 unspecified atom stereocenters. The van der Waals surface area contributed by atoms with Gasteiger partial charge in [0, 0.05) is 17.9 Å². The zero-order chi connectivity index (χ0) is 12.8. The van der Waals surface area contributed by atoms with Crippen LogP contribution in [0, 0.1) is 0 Å². The molecule has 0 heterocycles. The summed E-state index contributed by atoms with van der Waals surface area (Å²) in [4.78, 5) is 13.6. The SMILES string of the molecule is CCCCCC(=O)N(C)c1ccc(Br)cc1N. The number of unbranched alkanes of at least 4 members (excludes halogenated alkanes) is 2. The average molecular weight is 299 g/mol. The molecule has 0 saturated carbocycles. The Morgan fingerprint density at radius 2 is 2.12 bits per heavy atom. The second-order valence-electron chi connectivity index (χ2n) is 4.11. The van der Waals surface area contributed by atoms with Crippen LogP contribution in [0.15, 0.2) is 22.7 Å². The standard InChI is InChI=1S/C13H19BrN2O/c1-3-4-5-6-13(17)16(2)12-8-7-10(14)9-11(12)15/h7-9H,3-6,15H2,1-2H3. The highest BCUT2D eigenvalue weighted by atomic mass is 79.9. The highest BCUT2D eigenvalue weighted by Gasteiger charge is 2.12. The normalized spacial score (nSPS) is 10.3. The number of hydrogen-bond donors (Lipinski definition) is 1. The Morgan fingerprint density at radius 3 is 2.71 bits per heavy atom. The lowest BCUT2D eigenvalue weighted by molar-refractivity contribution is -0.118. The number of nitrogens with zero attached hydrogens (tertiary/aromatic N) is 1. The first kappa shape index (κ1) is 14.0. The molecule has 17 heavy (non-hydrogen) atoms. The summed E-state index contributed by atoms with van der Waals surface area (Å²) in [5.41, 5.74) is 7.28. The molecule has 94 valence electrons. The van der Waals surface area contributed by atoms with Crippen LogP contribution in [-0.4, -0.2) is 13.0 Å². The van der Waals surface area contributed by atoms with Gasteiger partial charge in [-0.3, -0.25) is 4.79 Å². The molecule has 1 aromatic rings. The van der Waals surface area contributed by atoms with E-state index in [2.05, 4.69) is 22.9 Å². The lowest BCUT2D eigenvalue weighted by atomic mass is 10.2. The molecule has 3 nitrogen and oxygen atoms in total. The molecule has 1 rings (SSSR count).